The van der Waals surface area contributed by atoms with Crippen molar-refractivity contribution >= 4 is 23.1 Å². The summed E-state index contributed by atoms with van der Waals surface area (Å²) in [6, 6.07) is 16.8. The molecule has 0 aliphatic rings. The highest BCUT2D eigenvalue weighted by Crippen LogP contribution is 2.31. The van der Waals surface area contributed by atoms with Crippen molar-refractivity contribution in [2.45, 2.75) is 35.1 Å². The number of rotatable bonds is 8. The SMILES string of the molecule is Cc1cnc(-c2ccc(Sc3ccc(CCC(N)(CO)CO)cc3)cc2)s1. The lowest BCUT2D eigenvalue weighted by molar-refractivity contribution is 0.115. The van der Waals surface area contributed by atoms with Gasteiger partial charge in [0, 0.05) is 26.4 Å². The van der Waals surface area contributed by atoms with Gasteiger partial charge in [-0.3, -0.25) is 0 Å². The quantitative estimate of drug-likeness (QED) is 0.535. The van der Waals surface area contributed by atoms with E-state index in [0.717, 1.165) is 22.6 Å². The largest absolute Gasteiger partial charge is 0.394 e. The van der Waals surface area contributed by atoms with Crippen LogP contribution in [0.4, 0.5) is 0 Å². The number of hydrogen-bond donors (Lipinski definition) is 3. The summed E-state index contributed by atoms with van der Waals surface area (Å²) < 4.78 is 0. The van der Waals surface area contributed by atoms with Gasteiger partial charge in [-0.15, -0.1) is 11.3 Å². The van der Waals surface area contributed by atoms with Crippen LogP contribution in [0.1, 0.15) is 16.9 Å². The molecule has 0 unspecified atom stereocenters. The van der Waals surface area contributed by atoms with Crippen molar-refractivity contribution in [1.29, 1.82) is 0 Å². The maximum absolute atomic E-state index is 9.27. The minimum atomic E-state index is -0.912. The molecular formula is C21H24N2O2S2. The zero-order valence-electron chi connectivity index (χ0n) is 15.3. The molecule has 1 heterocycles. The van der Waals surface area contributed by atoms with Gasteiger partial charge < -0.3 is 15.9 Å². The Labute approximate surface area is 168 Å². The van der Waals surface area contributed by atoms with Gasteiger partial charge in [-0.2, -0.15) is 0 Å². The Balaban J connectivity index is 1.59. The van der Waals surface area contributed by atoms with Gasteiger partial charge in [0.15, 0.2) is 0 Å². The molecule has 3 aromatic rings. The average molecular weight is 401 g/mol. The van der Waals surface area contributed by atoms with E-state index in [1.165, 1.54) is 14.7 Å². The molecule has 3 rings (SSSR count). The fourth-order valence-corrected chi connectivity index (χ4v) is 4.20. The number of thiazole rings is 1. The molecule has 6 heteroatoms. The first-order valence-corrected chi connectivity index (χ1v) is 10.4. The van der Waals surface area contributed by atoms with Crippen molar-refractivity contribution in [2.75, 3.05) is 13.2 Å². The molecule has 0 amide bonds. The maximum Gasteiger partial charge on any atom is 0.123 e. The highest BCUT2D eigenvalue weighted by molar-refractivity contribution is 7.99. The van der Waals surface area contributed by atoms with Crippen LogP contribution >= 0.6 is 23.1 Å². The van der Waals surface area contributed by atoms with Crippen LogP contribution in [0.5, 0.6) is 0 Å². The van der Waals surface area contributed by atoms with Crippen LogP contribution in [0.15, 0.2) is 64.5 Å². The summed E-state index contributed by atoms with van der Waals surface area (Å²) in [5.41, 5.74) is 7.30. The zero-order valence-corrected chi connectivity index (χ0v) is 16.9. The van der Waals surface area contributed by atoms with Crippen LogP contribution in [0.25, 0.3) is 10.6 Å². The lowest BCUT2D eigenvalue weighted by Crippen LogP contribution is -2.47. The minimum Gasteiger partial charge on any atom is -0.394 e. The topological polar surface area (TPSA) is 79.4 Å². The third kappa shape index (κ3) is 5.40. The number of nitrogens with two attached hydrogens (primary N) is 1. The first-order chi connectivity index (χ1) is 13.0. The summed E-state index contributed by atoms with van der Waals surface area (Å²) >= 11 is 3.42. The first-order valence-electron chi connectivity index (χ1n) is 8.82. The van der Waals surface area contributed by atoms with Crippen molar-refractivity contribution in [3.05, 3.63) is 65.2 Å². The molecule has 0 saturated carbocycles. The molecule has 4 N–H and O–H groups in total. The lowest BCUT2D eigenvalue weighted by atomic mass is 9.94. The number of hydrogen-bond acceptors (Lipinski definition) is 6. The van der Waals surface area contributed by atoms with E-state index in [-0.39, 0.29) is 13.2 Å². The van der Waals surface area contributed by atoms with Crippen molar-refractivity contribution in [1.82, 2.24) is 4.98 Å². The monoisotopic (exact) mass is 400 g/mol. The van der Waals surface area contributed by atoms with Crippen molar-refractivity contribution in [3.8, 4) is 10.6 Å². The third-order valence-electron chi connectivity index (χ3n) is 4.42. The van der Waals surface area contributed by atoms with Crippen LogP contribution < -0.4 is 5.73 Å². The van der Waals surface area contributed by atoms with E-state index < -0.39 is 5.54 Å². The fourth-order valence-electron chi connectivity index (χ4n) is 2.62. The Morgan fingerprint density at radius 3 is 2.11 bits per heavy atom. The number of aliphatic hydroxyl groups excluding tert-OH is 2. The Hall–Kier alpha value is -1.70. The molecule has 1 aromatic heterocycles. The second-order valence-electron chi connectivity index (χ2n) is 6.73. The lowest BCUT2D eigenvalue weighted by Gasteiger charge is -2.24. The summed E-state index contributed by atoms with van der Waals surface area (Å²) in [4.78, 5) is 7.99. The van der Waals surface area contributed by atoms with E-state index in [1.54, 1.807) is 23.1 Å². The van der Waals surface area contributed by atoms with Crippen LogP contribution in [0, 0.1) is 6.92 Å². The minimum absolute atomic E-state index is 0.214. The molecule has 0 atom stereocenters. The molecule has 0 aliphatic heterocycles. The van der Waals surface area contributed by atoms with Crippen LogP contribution in [-0.2, 0) is 6.42 Å². The summed E-state index contributed by atoms with van der Waals surface area (Å²) in [5.74, 6) is 0. The van der Waals surface area contributed by atoms with Gasteiger partial charge in [0.05, 0.1) is 18.8 Å². The van der Waals surface area contributed by atoms with E-state index in [1.807, 2.05) is 6.20 Å². The predicted octanol–water partition coefficient (Wildman–Crippen LogP) is 3.88. The predicted molar refractivity (Wildman–Crippen MR) is 112 cm³/mol. The highest BCUT2D eigenvalue weighted by Gasteiger charge is 2.22. The molecule has 0 bridgehead atoms. The first kappa shape index (κ1) is 20.0. The molecule has 0 radical (unpaired) electrons. The normalized spacial score (nSPS) is 11.7. The van der Waals surface area contributed by atoms with Crippen molar-refractivity contribution < 1.29 is 10.2 Å². The zero-order chi connectivity index (χ0) is 19.3. The summed E-state index contributed by atoms with van der Waals surface area (Å²) in [5, 5.41) is 19.6. The van der Waals surface area contributed by atoms with Crippen LogP contribution in [-0.4, -0.2) is 33.9 Å². The molecule has 142 valence electrons. The standard InChI is InChI=1S/C21H24N2O2S2/c1-15-12-23-20(26-15)17-4-8-19(9-5-17)27-18-6-2-16(3-7-18)10-11-21(22,13-24)14-25/h2-9,12,24-25H,10-11,13-14,22H2,1H3. The van der Waals surface area contributed by atoms with Gasteiger partial charge in [-0.05, 0) is 49.6 Å². The fraction of sp³-hybridized carbons (Fsp3) is 0.286. The van der Waals surface area contributed by atoms with Crippen molar-refractivity contribution in [3.63, 3.8) is 0 Å². The Morgan fingerprint density at radius 2 is 1.59 bits per heavy atom. The van der Waals surface area contributed by atoms with E-state index in [2.05, 4.69) is 60.4 Å². The van der Waals surface area contributed by atoms with Crippen LogP contribution in [0.2, 0.25) is 0 Å². The molecule has 2 aromatic carbocycles. The summed E-state index contributed by atoms with van der Waals surface area (Å²) in [6.45, 7) is 1.64. The van der Waals surface area contributed by atoms with E-state index in [4.69, 9.17) is 5.73 Å². The van der Waals surface area contributed by atoms with E-state index in [9.17, 15) is 10.2 Å². The molecular weight excluding hydrogens is 376 g/mol. The molecule has 4 nitrogen and oxygen atoms in total. The average Bonchev–Trinajstić information content (AvgIpc) is 3.14. The van der Waals surface area contributed by atoms with E-state index in [0.29, 0.717) is 6.42 Å². The second-order valence-corrected chi connectivity index (χ2v) is 9.11. The van der Waals surface area contributed by atoms with Gasteiger partial charge in [-0.1, -0.05) is 36.0 Å². The summed E-state index contributed by atoms with van der Waals surface area (Å²) in [6.07, 6.45) is 3.18. The number of aliphatic hydroxyl groups is 2. The smallest absolute Gasteiger partial charge is 0.123 e. The van der Waals surface area contributed by atoms with Gasteiger partial charge >= 0.3 is 0 Å². The van der Waals surface area contributed by atoms with E-state index >= 15 is 0 Å². The molecule has 0 saturated heterocycles. The van der Waals surface area contributed by atoms with Gasteiger partial charge in [0.1, 0.15) is 5.01 Å². The Bertz CT molecular complexity index is 857. The Kier molecular flexibility index (Phi) is 6.68. The number of aryl methyl sites for hydroxylation is 2. The molecule has 27 heavy (non-hydrogen) atoms. The number of nitrogens with zero attached hydrogens (tertiary/aromatic N) is 1. The molecule has 0 fully saturated rings. The third-order valence-corrected chi connectivity index (χ3v) is 6.40. The second kappa shape index (κ2) is 8.99. The highest BCUT2D eigenvalue weighted by atomic mass is 32.2. The van der Waals surface area contributed by atoms with Gasteiger partial charge in [-0.25, -0.2) is 4.98 Å². The van der Waals surface area contributed by atoms with Gasteiger partial charge in [0.25, 0.3) is 0 Å². The molecule has 0 spiro atoms. The summed E-state index contributed by atoms with van der Waals surface area (Å²) in [7, 11) is 0. The van der Waals surface area contributed by atoms with Crippen LogP contribution in [0.3, 0.4) is 0 Å². The number of aromatic nitrogens is 1. The maximum atomic E-state index is 9.27. The molecule has 0 aliphatic carbocycles. The van der Waals surface area contributed by atoms with Crippen molar-refractivity contribution in [2.24, 2.45) is 5.73 Å². The van der Waals surface area contributed by atoms with Gasteiger partial charge in [0.2, 0.25) is 0 Å². The number of benzene rings is 2. The Morgan fingerprint density at radius 1 is 1.00 bits per heavy atom.